The minimum absolute atomic E-state index is 0.307. The fourth-order valence-electron chi connectivity index (χ4n) is 2.49. The number of rotatable bonds is 3. The van der Waals surface area contributed by atoms with Gasteiger partial charge in [-0.25, -0.2) is 4.98 Å². The standard InChI is InChI=1S/C14H17N3O/c18-12-5-3-11(4-6-12)9-17-10-15-8-14(17)13-2-1-7-16-13/h3-6,8,10,13,16,18H,1-2,7,9H2. The van der Waals surface area contributed by atoms with Gasteiger partial charge in [-0.1, -0.05) is 12.1 Å². The maximum atomic E-state index is 9.28. The van der Waals surface area contributed by atoms with Gasteiger partial charge in [0.2, 0.25) is 0 Å². The number of hydrogen-bond acceptors (Lipinski definition) is 3. The van der Waals surface area contributed by atoms with Crippen LogP contribution < -0.4 is 5.32 Å². The van der Waals surface area contributed by atoms with E-state index in [4.69, 9.17) is 0 Å². The minimum Gasteiger partial charge on any atom is -0.508 e. The van der Waals surface area contributed by atoms with Gasteiger partial charge in [0.1, 0.15) is 5.75 Å². The number of hydrogen-bond donors (Lipinski definition) is 2. The topological polar surface area (TPSA) is 50.1 Å². The number of benzene rings is 1. The molecule has 1 aromatic heterocycles. The van der Waals surface area contributed by atoms with Gasteiger partial charge in [0, 0.05) is 18.8 Å². The van der Waals surface area contributed by atoms with Gasteiger partial charge in [-0.15, -0.1) is 0 Å². The summed E-state index contributed by atoms with van der Waals surface area (Å²) in [7, 11) is 0. The van der Waals surface area contributed by atoms with Gasteiger partial charge < -0.3 is 15.0 Å². The largest absolute Gasteiger partial charge is 0.508 e. The fourth-order valence-corrected chi connectivity index (χ4v) is 2.49. The molecule has 0 aliphatic carbocycles. The van der Waals surface area contributed by atoms with Gasteiger partial charge >= 0.3 is 0 Å². The molecule has 4 nitrogen and oxygen atoms in total. The molecule has 1 fully saturated rings. The summed E-state index contributed by atoms with van der Waals surface area (Å²) in [6.07, 6.45) is 6.24. The van der Waals surface area contributed by atoms with Crippen LogP contribution in [0.25, 0.3) is 0 Å². The molecule has 94 valence electrons. The third-order valence-electron chi connectivity index (χ3n) is 3.45. The van der Waals surface area contributed by atoms with E-state index >= 15 is 0 Å². The molecule has 3 rings (SSSR count). The van der Waals surface area contributed by atoms with Gasteiger partial charge in [0.25, 0.3) is 0 Å². The Labute approximate surface area is 106 Å². The Balaban J connectivity index is 1.80. The first-order chi connectivity index (χ1) is 8.83. The van der Waals surface area contributed by atoms with Crippen molar-refractivity contribution in [2.45, 2.75) is 25.4 Å². The van der Waals surface area contributed by atoms with Crippen molar-refractivity contribution in [2.24, 2.45) is 0 Å². The van der Waals surface area contributed by atoms with E-state index in [-0.39, 0.29) is 0 Å². The molecule has 1 saturated heterocycles. The van der Waals surface area contributed by atoms with Crippen LogP contribution in [0.1, 0.15) is 30.1 Å². The lowest BCUT2D eigenvalue weighted by Crippen LogP contribution is -2.17. The Morgan fingerprint density at radius 3 is 2.89 bits per heavy atom. The van der Waals surface area contributed by atoms with E-state index in [1.807, 2.05) is 24.7 Å². The lowest BCUT2D eigenvalue weighted by Gasteiger charge is -2.14. The van der Waals surface area contributed by atoms with Crippen molar-refractivity contribution in [3.8, 4) is 5.75 Å². The van der Waals surface area contributed by atoms with E-state index in [9.17, 15) is 5.11 Å². The molecular weight excluding hydrogens is 226 g/mol. The summed E-state index contributed by atoms with van der Waals surface area (Å²) in [6, 6.07) is 7.77. The smallest absolute Gasteiger partial charge is 0.115 e. The number of imidazole rings is 1. The van der Waals surface area contributed by atoms with Crippen LogP contribution in [0.3, 0.4) is 0 Å². The fraction of sp³-hybridized carbons (Fsp3) is 0.357. The molecule has 2 heterocycles. The maximum absolute atomic E-state index is 9.28. The summed E-state index contributed by atoms with van der Waals surface area (Å²) in [4.78, 5) is 4.25. The zero-order valence-electron chi connectivity index (χ0n) is 10.2. The number of phenols is 1. The van der Waals surface area contributed by atoms with Gasteiger partial charge in [-0.05, 0) is 37.1 Å². The molecule has 2 aromatic rings. The Morgan fingerprint density at radius 1 is 1.33 bits per heavy atom. The van der Waals surface area contributed by atoms with Gasteiger partial charge in [0.15, 0.2) is 0 Å². The third-order valence-corrected chi connectivity index (χ3v) is 3.45. The molecule has 1 aliphatic heterocycles. The second-order valence-electron chi connectivity index (χ2n) is 4.76. The average molecular weight is 243 g/mol. The third kappa shape index (κ3) is 2.24. The molecule has 1 atom stereocenters. The predicted octanol–water partition coefficient (Wildman–Crippen LogP) is 2.06. The van der Waals surface area contributed by atoms with Crippen LogP contribution in [0.5, 0.6) is 5.75 Å². The van der Waals surface area contributed by atoms with Crippen LogP contribution >= 0.6 is 0 Å². The monoisotopic (exact) mass is 243 g/mol. The first kappa shape index (κ1) is 11.3. The highest BCUT2D eigenvalue weighted by molar-refractivity contribution is 5.26. The first-order valence-electron chi connectivity index (χ1n) is 6.34. The number of aromatic nitrogens is 2. The van der Waals surface area contributed by atoms with Crippen molar-refractivity contribution in [3.63, 3.8) is 0 Å². The SMILES string of the molecule is Oc1ccc(Cn2cncc2C2CCCN2)cc1. The molecule has 1 unspecified atom stereocenters. The summed E-state index contributed by atoms with van der Waals surface area (Å²) >= 11 is 0. The zero-order chi connectivity index (χ0) is 12.4. The average Bonchev–Trinajstić information content (AvgIpc) is 3.02. The molecule has 1 aromatic carbocycles. The van der Waals surface area contributed by atoms with Crippen LogP contribution in [-0.2, 0) is 6.54 Å². The lowest BCUT2D eigenvalue weighted by molar-refractivity contribution is 0.475. The Bertz CT molecular complexity index is 512. The Kier molecular flexibility index (Phi) is 3.02. The summed E-state index contributed by atoms with van der Waals surface area (Å²) < 4.78 is 2.18. The summed E-state index contributed by atoms with van der Waals surface area (Å²) in [5.41, 5.74) is 2.42. The van der Waals surface area contributed by atoms with E-state index in [2.05, 4.69) is 14.9 Å². The molecule has 0 saturated carbocycles. The van der Waals surface area contributed by atoms with E-state index in [0.29, 0.717) is 11.8 Å². The van der Waals surface area contributed by atoms with E-state index < -0.39 is 0 Å². The van der Waals surface area contributed by atoms with Gasteiger partial charge in [0.05, 0.1) is 12.0 Å². The maximum Gasteiger partial charge on any atom is 0.115 e. The van der Waals surface area contributed by atoms with Crippen molar-refractivity contribution in [2.75, 3.05) is 6.54 Å². The number of aromatic hydroxyl groups is 1. The molecule has 0 radical (unpaired) electrons. The number of nitrogens with zero attached hydrogens (tertiary/aromatic N) is 2. The van der Waals surface area contributed by atoms with Crippen molar-refractivity contribution in [1.82, 2.24) is 14.9 Å². The van der Waals surface area contributed by atoms with Gasteiger partial charge in [-0.2, -0.15) is 0 Å². The molecule has 0 amide bonds. The Morgan fingerprint density at radius 2 is 2.17 bits per heavy atom. The van der Waals surface area contributed by atoms with Crippen molar-refractivity contribution in [1.29, 1.82) is 0 Å². The lowest BCUT2D eigenvalue weighted by atomic mass is 10.1. The van der Waals surface area contributed by atoms with Crippen LogP contribution in [0.15, 0.2) is 36.8 Å². The number of phenolic OH excluding ortho intramolecular Hbond substituents is 1. The summed E-state index contributed by atoms with van der Waals surface area (Å²) in [6.45, 7) is 1.89. The molecule has 2 N–H and O–H groups in total. The Hall–Kier alpha value is -1.81. The molecule has 4 heteroatoms. The second kappa shape index (κ2) is 4.82. The van der Waals surface area contributed by atoms with Gasteiger partial charge in [-0.3, -0.25) is 0 Å². The molecule has 18 heavy (non-hydrogen) atoms. The summed E-state index contributed by atoms with van der Waals surface area (Å²) in [5, 5.41) is 12.8. The highest BCUT2D eigenvalue weighted by Gasteiger charge is 2.19. The molecule has 0 spiro atoms. The molecule has 0 bridgehead atoms. The highest BCUT2D eigenvalue weighted by Crippen LogP contribution is 2.23. The van der Waals surface area contributed by atoms with Crippen LogP contribution in [0, 0.1) is 0 Å². The number of nitrogens with one attached hydrogen (secondary N) is 1. The van der Waals surface area contributed by atoms with Crippen molar-refractivity contribution >= 4 is 0 Å². The second-order valence-corrected chi connectivity index (χ2v) is 4.76. The van der Waals surface area contributed by atoms with Crippen molar-refractivity contribution in [3.05, 3.63) is 48.0 Å². The van der Waals surface area contributed by atoms with E-state index in [1.54, 1.807) is 12.1 Å². The molecule has 1 aliphatic rings. The zero-order valence-corrected chi connectivity index (χ0v) is 10.2. The minimum atomic E-state index is 0.307. The predicted molar refractivity (Wildman–Crippen MR) is 69.4 cm³/mol. The quantitative estimate of drug-likeness (QED) is 0.867. The van der Waals surface area contributed by atoms with E-state index in [1.165, 1.54) is 24.1 Å². The van der Waals surface area contributed by atoms with Crippen LogP contribution in [-0.4, -0.2) is 21.2 Å². The first-order valence-corrected chi connectivity index (χ1v) is 6.34. The normalized spacial score (nSPS) is 19.2. The van der Waals surface area contributed by atoms with Crippen LogP contribution in [0.2, 0.25) is 0 Å². The van der Waals surface area contributed by atoms with Crippen molar-refractivity contribution < 1.29 is 5.11 Å². The highest BCUT2D eigenvalue weighted by atomic mass is 16.3. The molecular formula is C14H17N3O. The van der Waals surface area contributed by atoms with Crippen LogP contribution in [0.4, 0.5) is 0 Å². The summed E-state index contributed by atoms with van der Waals surface area (Å²) in [5.74, 6) is 0.307. The van der Waals surface area contributed by atoms with E-state index in [0.717, 1.165) is 13.1 Å².